The standard InChI is InChI=1S/C21H24N4O3S2/c1-10(2)16(17(26)23-20(22)28)30-21-24-18-15(19(27)25(21)5)14(9-29-18)13-7-6-11(3)12(4)8-13/h6-10,16H,1-5H3,(H3,22,23,26,28). The van der Waals surface area contributed by atoms with E-state index in [0.29, 0.717) is 15.4 Å². The summed E-state index contributed by atoms with van der Waals surface area (Å²) in [4.78, 5) is 41.9. The molecule has 0 radical (unpaired) electrons. The Kier molecular flexibility index (Phi) is 6.33. The number of nitrogens with one attached hydrogen (secondary N) is 1. The molecule has 0 fully saturated rings. The molecule has 2 aromatic heterocycles. The molecule has 3 N–H and O–H groups in total. The number of hydrogen-bond acceptors (Lipinski definition) is 6. The summed E-state index contributed by atoms with van der Waals surface area (Å²) < 4.78 is 1.46. The van der Waals surface area contributed by atoms with Crippen LogP contribution in [0.1, 0.15) is 25.0 Å². The van der Waals surface area contributed by atoms with Crippen molar-refractivity contribution in [2.75, 3.05) is 0 Å². The third-order valence-corrected chi connectivity index (χ3v) is 7.40. The lowest BCUT2D eigenvalue weighted by atomic mass is 10.0. The minimum atomic E-state index is -0.903. The predicted molar refractivity (Wildman–Crippen MR) is 122 cm³/mol. The molecule has 0 aliphatic heterocycles. The van der Waals surface area contributed by atoms with Crippen molar-refractivity contribution in [2.24, 2.45) is 18.7 Å². The molecule has 0 aliphatic carbocycles. The molecule has 7 nitrogen and oxygen atoms in total. The summed E-state index contributed by atoms with van der Waals surface area (Å²) >= 11 is 2.55. The first kappa shape index (κ1) is 22.0. The quantitative estimate of drug-likeness (QED) is 0.462. The van der Waals surface area contributed by atoms with Gasteiger partial charge in [-0.2, -0.15) is 0 Å². The minimum Gasteiger partial charge on any atom is -0.351 e. The van der Waals surface area contributed by atoms with E-state index >= 15 is 0 Å². The summed E-state index contributed by atoms with van der Waals surface area (Å²) in [6, 6.07) is 5.22. The molecule has 158 valence electrons. The van der Waals surface area contributed by atoms with E-state index < -0.39 is 17.2 Å². The number of fused-ring (bicyclic) bond motifs is 1. The Labute approximate surface area is 182 Å². The number of amides is 3. The van der Waals surface area contributed by atoms with E-state index in [1.54, 1.807) is 7.05 Å². The lowest BCUT2D eigenvalue weighted by Gasteiger charge is -2.19. The van der Waals surface area contributed by atoms with E-state index in [0.717, 1.165) is 28.5 Å². The number of carbonyl (C=O) groups is 2. The molecular weight excluding hydrogens is 420 g/mol. The second-order valence-corrected chi connectivity index (χ2v) is 9.49. The zero-order valence-electron chi connectivity index (χ0n) is 17.5. The average Bonchev–Trinajstić information content (AvgIpc) is 3.08. The van der Waals surface area contributed by atoms with Crippen molar-refractivity contribution in [3.05, 3.63) is 45.1 Å². The highest BCUT2D eigenvalue weighted by Crippen LogP contribution is 2.34. The molecule has 3 aromatic rings. The Hall–Kier alpha value is -2.65. The van der Waals surface area contributed by atoms with E-state index in [1.165, 1.54) is 21.5 Å². The van der Waals surface area contributed by atoms with Crippen molar-refractivity contribution >= 4 is 45.3 Å². The van der Waals surface area contributed by atoms with Gasteiger partial charge in [0.1, 0.15) is 4.83 Å². The monoisotopic (exact) mass is 444 g/mol. The minimum absolute atomic E-state index is 0.101. The summed E-state index contributed by atoms with van der Waals surface area (Å²) in [5, 5.41) is 4.42. The molecular formula is C21H24N4O3S2. The molecule has 1 aromatic carbocycles. The summed E-state index contributed by atoms with van der Waals surface area (Å²) in [5.41, 5.74) is 9.09. The molecule has 2 heterocycles. The number of thioether (sulfide) groups is 1. The number of nitrogens with zero attached hydrogens (tertiary/aromatic N) is 2. The second kappa shape index (κ2) is 8.61. The molecule has 0 saturated heterocycles. The Morgan fingerprint density at radius 2 is 1.93 bits per heavy atom. The number of urea groups is 1. The van der Waals surface area contributed by atoms with Crippen LogP contribution in [0.4, 0.5) is 4.79 Å². The zero-order chi connectivity index (χ0) is 22.2. The fourth-order valence-electron chi connectivity index (χ4n) is 3.08. The molecule has 1 atom stereocenters. The van der Waals surface area contributed by atoms with Crippen LogP contribution in [0.5, 0.6) is 0 Å². The number of nitrogens with two attached hydrogens (primary N) is 1. The van der Waals surface area contributed by atoms with E-state index in [2.05, 4.69) is 23.3 Å². The van der Waals surface area contributed by atoms with Crippen LogP contribution in [0.15, 0.2) is 33.5 Å². The SMILES string of the molecule is Cc1ccc(-c2csc3nc(SC(C(=O)NC(N)=O)C(C)C)n(C)c(=O)c23)cc1C. The number of aryl methyl sites for hydroxylation is 2. The lowest BCUT2D eigenvalue weighted by molar-refractivity contribution is -0.120. The Balaban J connectivity index is 2.06. The zero-order valence-corrected chi connectivity index (χ0v) is 19.1. The molecule has 0 aliphatic rings. The fraction of sp³-hybridized carbons (Fsp3) is 0.333. The van der Waals surface area contributed by atoms with E-state index in [9.17, 15) is 14.4 Å². The summed E-state index contributed by atoms with van der Waals surface area (Å²) in [5.74, 6) is -0.602. The van der Waals surface area contributed by atoms with E-state index in [1.807, 2.05) is 38.3 Å². The van der Waals surface area contributed by atoms with Gasteiger partial charge in [0.05, 0.1) is 10.6 Å². The number of primary amides is 1. The number of thiophene rings is 1. The smallest absolute Gasteiger partial charge is 0.318 e. The normalized spacial score (nSPS) is 12.3. The van der Waals surface area contributed by atoms with Gasteiger partial charge in [0.25, 0.3) is 5.56 Å². The Morgan fingerprint density at radius 3 is 2.53 bits per heavy atom. The molecule has 0 bridgehead atoms. The van der Waals surface area contributed by atoms with E-state index in [4.69, 9.17) is 5.73 Å². The van der Waals surface area contributed by atoms with Crippen LogP contribution < -0.4 is 16.6 Å². The van der Waals surface area contributed by atoms with Crippen LogP contribution in [0.2, 0.25) is 0 Å². The van der Waals surface area contributed by atoms with Gasteiger partial charge in [-0.25, -0.2) is 9.78 Å². The first-order valence-electron chi connectivity index (χ1n) is 9.43. The van der Waals surface area contributed by atoms with Gasteiger partial charge in [0.2, 0.25) is 5.91 Å². The van der Waals surface area contributed by atoms with Crippen LogP contribution in [-0.2, 0) is 11.8 Å². The van der Waals surface area contributed by atoms with Crippen molar-refractivity contribution in [3.63, 3.8) is 0 Å². The number of carbonyl (C=O) groups excluding carboxylic acids is 2. The molecule has 9 heteroatoms. The second-order valence-electron chi connectivity index (χ2n) is 7.52. The number of aromatic nitrogens is 2. The van der Waals surface area contributed by atoms with Gasteiger partial charge in [0.15, 0.2) is 5.16 Å². The summed E-state index contributed by atoms with van der Waals surface area (Å²) in [6.07, 6.45) is 0. The highest BCUT2D eigenvalue weighted by atomic mass is 32.2. The van der Waals surface area contributed by atoms with Crippen LogP contribution in [-0.4, -0.2) is 26.7 Å². The first-order chi connectivity index (χ1) is 14.1. The summed E-state index contributed by atoms with van der Waals surface area (Å²) in [7, 11) is 1.64. The molecule has 30 heavy (non-hydrogen) atoms. The van der Waals surface area contributed by atoms with Crippen molar-refractivity contribution < 1.29 is 9.59 Å². The Morgan fingerprint density at radius 1 is 1.23 bits per heavy atom. The topological polar surface area (TPSA) is 107 Å². The van der Waals surface area contributed by atoms with Gasteiger partial charge in [-0.1, -0.05) is 43.8 Å². The first-order valence-corrected chi connectivity index (χ1v) is 11.2. The van der Waals surface area contributed by atoms with Gasteiger partial charge < -0.3 is 5.73 Å². The highest BCUT2D eigenvalue weighted by molar-refractivity contribution is 8.00. The maximum Gasteiger partial charge on any atom is 0.318 e. The molecule has 0 spiro atoms. The summed E-state index contributed by atoms with van der Waals surface area (Å²) in [6.45, 7) is 7.81. The van der Waals surface area contributed by atoms with Crippen molar-refractivity contribution in [3.8, 4) is 11.1 Å². The molecule has 3 amide bonds. The van der Waals surface area contributed by atoms with Crippen LogP contribution in [0, 0.1) is 19.8 Å². The predicted octanol–water partition coefficient (Wildman–Crippen LogP) is 3.59. The third kappa shape index (κ3) is 4.27. The number of imide groups is 1. The third-order valence-electron chi connectivity index (χ3n) is 4.93. The van der Waals surface area contributed by atoms with Gasteiger partial charge >= 0.3 is 6.03 Å². The fourth-order valence-corrected chi connectivity index (χ4v) is 5.12. The van der Waals surface area contributed by atoms with Gasteiger partial charge in [-0.15, -0.1) is 11.3 Å². The van der Waals surface area contributed by atoms with Crippen molar-refractivity contribution in [2.45, 2.75) is 38.1 Å². The van der Waals surface area contributed by atoms with Gasteiger partial charge in [0, 0.05) is 18.0 Å². The maximum absolute atomic E-state index is 13.2. The van der Waals surface area contributed by atoms with Crippen LogP contribution in [0.3, 0.4) is 0 Å². The van der Waals surface area contributed by atoms with Gasteiger partial charge in [-0.05, 0) is 36.5 Å². The number of hydrogen-bond donors (Lipinski definition) is 2. The number of rotatable bonds is 5. The average molecular weight is 445 g/mol. The Bertz CT molecular complexity index is 1200. The van der Waals surface area contributed by atoms with Gasteiger partial charge in [-0.3, -0.25) is 19.5 Å². The number of benzene rings is 1. The molecule has 1 unspecified atom stereocenters. The van der Waals surface area contributed by atoms with E-state index in [-0.39, 0.29) is 11.5 Å². The maximum atomic E-state index is 13.2. The lowest BCUT2D eigenvalue weighted by Crippen LogP contribution is -2.42. The van der Waals surface area contributed by atoms with Crippen molar-refractivity contribution in [1.29, 1.82) is 0 Å². The largest absolute Gasteiger partial charge is 0.351 e. The van der Waals surface area contributed by atoms with Crippen molar-refractivity contribution in [1.82, 2.24) is 14.9 Å². The highest BCUT2D eigenvalue weighted by Gasteiger charge is 2.27. The van der Waals surface area contributed by atoms with Crippen LogP contribution >= 0.6 is 23.1 Å². The van der Waals surface area contributed by atoms with Crippen LogP contribution in [0.25, 0.3) is 21.3 Å². The molecule has 3 rings (SSSR count). The molecule has 0 saturated carbocycles.